The summed E-state index contributed by atoms with van der Waals surface area (Å²) in [6.07, 6.45) is 1.92. The van der Waals surface area contributed by atoms with Crippen LogP contribution >= 0.6 is 0 Å². The van der Waals surface area contributed by atoms with E-state index in [1.54, 1.807) is 6.07 Å². The molecule has 1 aromatic carbocycles. The first-order chi connectivity index (χ1) is 14.0. The van der Waals surface area contributed by atoms with Gasteiger partial charge in [-0.3, -0.25) is 4.79 Å². The fraction of sp³-hybridized carbons (Fsp3) is 0.478. The first-order valence-corrected chi connectivity index (χ1v) is 10.1. The van der Waals surface area contributed by atoms with E-state index in [0.717, 1.165) is 24.8 Å². The zero-order valence-electron chi connectivity index (χ0n) is 17.3. The van der Waals surface area contributed by atoms with Crippen LogP contribution in [0.25, 0.3) is 11.3 Å². The molecule has 7 heteroatoms. The van der Waals surface area contributed by atoms with Gasteiger partial charge < -0.3 is 14.4 Å². The van der Waals surface area contributed by atoms with Crippen LogP contribution in [0.3, 0.4) is 0 Å². The monoisotopic (exact) mass is 417 g/mol. The van der Waals surface area contributed by atoms with Crippen LogP contribution in [0, 0.1) is 5.41 Å². The summed E-state index contributed by atoms with van der Waals surface area (Å²) >= 11 is 0. The number of pyridine rings is 1. The van der Waals surface area contributed by atoms with Crippen molar-refractivity contribution in [3.63, 3.8) is 0 Å². The number of carboxylic acids is 1. The minimum Gasteiger partial charge on any atom is -0.493 e. The van der Waals surface area contributed by atoms with Crippen molar-refractivity contribution < 1.29 is 23.4 Å². The number of benzene rings is 1. The van der Waals surface area contributed by atoms with Crippen LogP contribution in [0.5, 0.6) is 5.75 Å². The highest BCUT2D eigenvalue weighted by Crippen LogP contribution is 2.50. The number of hydrogen-bond acceptors (Lipinski definition) is 3. The first kappa shape index (κ1) is 20.6. The van der Waals surface area contributed by atoms with Gasteiger partial charge in [-0.05, 0) is 48.8 Å². The summed E-state index contributed by atoms with van der Waals surface area (Å²) in [4.78, 5) is 23.9. The summed E-state index contributed by atoms with van der Waals surface area (Å²) in [5, 5.41) is 9.37. The van der Waals surface area contributed by atoms with Crippen molar-refractivity contribution in [2.75, 3.05) is 6.61 Å². The van der Waals surface area contributed by atoms with Crippen molar-refractivity contribution in [1.82, 2.24) is 4.57 Å². The molecule has 0 radical (unpaired) electrons. The van der Waals surface area contributed by atoms with E-state index in [-0.39, 0.29) is 27.8 Å². The molecule has 0 unspecified atom stereocenters. The molecular weight excluding hydrogens is 392 g/mol. The Morgan fingerprint density at radius 1 is 1.27 bits per heavy atom. The third-order valence-electron chi connectivity index (χ3n) is 6.00. The lowest BCUT2D eigenvalue weighted by molar-refractivity contribution is 0.0691. The molecule has 1 aliphatic heterocycles. The van der Waals surface area contributed by atoms with Crippen molar-refractivity contribution in [3.05, 3.63) is 51.3 Å². The fourth-order valence-corrected chi connectivity index (χ4v) is 4.35. The minimum absolute atomic E-state index is 0.172. The maximum Gasteiger partial charge on any atom is 0.341 e. The predicted molar refractivity (Wildman–Crippen MR) is 109 cm³/mol. The molecule has 160 valence electrons. The number of ether oxygens (including phenoxy) is 1. The van der Waals surface area contributed by atoms with E-state index >= 15 is 0 Å². The Morgan fingerprint density at radius 3 is 2.50 bits per heavy atom. The quantitative estimate of drug-likeness (QED) is 0.759. The number of hydrogen-bond donors (Lipinski definition) is 1. The third kappa shape index (κ3) is 3.40. The van der Waals surface area contributed by atoms with Gasteiger partial charge in [-0.1, -0.05) is 20.8 Å². The predicted octanol–water partition coefficient (Wildman–Crippen LogP) is 5.01. The molecule has 2 heterocycles. The van der Waals surface area contributed by atoms with Crippen LogP contribution in [0.2, 0.25) is 0 Å². The lowest BCUT2D eigenvalue weighted by Crippen LogP contribution is -2.46. The van der Waals surface area contributed by atoms with Gasteiger partial charge in [-0.15, -0.1) is 0 Å². The topological polar surface area (TPSA) is 68.5 Å². The lowest BCUT2D eigenvalue weighted by Gasteiger charge is -2.49. The average molecular weight is 417 g/mol. The number of aromatic nitrogens is 1. The van der Waals surface area contributed by atoms with Gasteiger partial charge in [0.1, 0.15) is 11.3 Å². The van der Waals surface area contributed by atoms with Crippen LogP contribution in [0.4, 0.5) is 8.78 Å². The van der Waals surface area contributed by atoms with Gasteiger partial charge in [0.05, 0.1) is 17.9 Å². The van der Waals surface area contributed by atoms with Gasteiger partial charge in [-0.2, -0.15) is 0 Å². The Labute approximate surface area is 173 Å². The van der Waals surface area contributed by atoms with E-state index in [9.17, 15) is 23.5 Å². The number of carboxylic acid groups (broad SMARTS) is 1. The highest BCUT2D eigenvalue weighted by Gasteiger charge is 2.44. The summed E-state index contributed by atoms with van der Waals surface area (Å²) < 4.78 is 35.3. The second kappa shape index (κ2) is 6.93. The van der Waals surface area contributed by atoms with E-state index in [0.29, 0.717) is 24.3 Å². The van der Waals surface area contributed by atoms with Gasteiger partial charge in [0.2, 0.25) is 0 Å². The molecule has 0 amide bonds. The molecule has 1 saturated carbocycles. The van der Waals surface area contributed by atoms with E-state index < -0.39 is 17.8 Å². The molecule has 2 aliphatic rings. The van der Waals surface area contributed by atoms with Gasteiger partial charge in [0, 0.05) is 23.4 Å². The van der Waals surface area contributed by atoms with E-state index in [2.05, 4.69) is 0 Å². The van der Waals surface area contributed by atoms with Crippen molar-refractivity contribution in [1.29, 1.82) is 0 Å². The highest BCUT2D eigenvalue weighted by molar-refractivity contribution is 5.88. The molecule has 0 bridgehead atoms. The second-order valence-electron chi connectivity index (χ2n) is 9.56. The van der Waals surface area contributed by atoms with Crippen molar-refractivity contribution in [2.24, 2.45) is 5.41 Å². The van der Waals surface area contributed by atoms with Crippen LogP contribution in [0.15, 0.2) is 29.2 Å². The van der Waals surface area contributed by atoms with Gasteiger partial charge in [-0.25, -0.2) is 13.6 Å². The number of aromatic carboxylic acids is 1. The number of rotatable bonds is 4. The molecule has 4 rings (SSSR count). The summed E-state index contributed by atoms with van der Waals surface area (Å²) in [7, 11) is 0. The maximum absolute atomic E-state index is 13.8. The number of halogens is 2. The molecular formula is C23H25F2NO4. The lowest BCUT2D eigenvalue weighted by atomic mass is 9.69. The largest absolute Gasteiger partial charge is 0.493 e. The number of alkyl halides is 2. The van der Waals surface area contributed by atoms with E-state index in [1.165, 1.54) is 18.3 Å². The second-order valence-corrected chi connectivity index (χ2v) is 9.56. The first-order valence-electron chi connectivity index (χ1n) is 10.1. The molecule has 1 aliphatic carbocycles. The number of nitrogens with zero attached hydrogens (tertiary/aromatic N) is 1. The molecule has 0 atom stereocenters. The molecule has 1 fully saturated rings. The Balaban J connectivity index is 1.90. The summed E-state index contributed by atoms with van der Waals surface area (Å²) in [5.41, 5.74) is 0.242. The summed E-state index contributed by atoms with van der Waals surface area (Å²) in [6, 6.07) is 4.35. The Bertz CT molecular complexity index is 1080. The smallest absolute Gasteiger partial charge is 0.341 e. The van der Waals surface area contributed by atoms with Gasteiger partial charge in [0.25, 0.3) is 6.43 Å². The van der Waals surface area contributed by atoms with Gasteiger partial charge >= 0.3 is 5.97 Å². The van der Waals surface area contributed by atoms with E-state index in [4.69, 9.17) is 4.74 Å². The molecule has 1 spiro atoms. The molecule has 30 heavy (non-hydrogen) atoms. The third-order valence-corrected chi connectivity index (χ3v) is 6.00. The Morgan fingerprint density at radius 2 is 1.97 bits per heavy atom. The zero-order chi connectivity index (χ0) is 21.8. The Hall–Kier alpha value is -2.70. The van der Waals surface area contributed by atoms with E-state index in [1.807, 2.05) is 25.3 Å². The average Bonchev–Trinajstić information content (AvgIpc) is 2.62. The Kier molecular flexibility index (Phi) is 4.75. The van der Waals surface area contributed by atoms with Crippen LogP contribution in [-0.2, 0) is 12.0 Å². The van der Waals surface area contributed by atoms with Crippen LogP contribution in [-0.4, -0.2) is 22.2 Å². The van der Waals surface area contributed by atoms with Crippen LogP contribution < -0.4 is 10.2 Å². The fourth-order valence-electron chi connectivity index (χ4n) is 4.35. The minimum atomic E-state index is -2.73. The van der Waals surface area contributed by atoms with Crippen LogP contribution in [0.1, 0.15) is 67.9 Å². The summed E-state index contributed by atoms with van der Waals surface area (Å²) in [6.45, 7) is 6.22. The molecule has 1 aromatic heterocycles. The number of carbonyl (C=O) groups is 1. The highest BCUT2D eigenvalue weighted by atomic mass is 19.3. The van der Waals surface area contributed by atoms with Crippen molar-refractivity contribution >= 4 is 5.97 Å². The van der Waals surface area contributed by atoms with Crippen molar-refractivity contribution in [3.8, 4) is 17.0 Å². The maximum atomic E-state index is 13.8. The standard InChI is InChI=1S/C23H25F2NO4/c1-22(2,3)12-30-19-7-13-10-23(5-4-6-23)26-11-16(21(28)29)18(27)9-17(26)14(13)8-15(19)20(24)25/h7-9,11,20H,4-6,10,12H2,1-3H3,(H,28,29). The molecule has 0 saturated heterocycles. The molecule has 1 N–H and O–H groups in total. The SMILES string of the molecule is CC(C)(C)COc1cc2c(cc1C(F)F)-c1cc(=O)c(C(=O)O)cn1C1(CCC1)C2. The molecule has 5 nitrogen and oxygen atoms in total. The molecule has 2 aromatic rings. The zero-order valence-corrected chi connectivity index (χ0v) is 17.3. The van der Waals surface area contributed by atoms with Gasteiger partial charge in [0.15, 0.2) is 5.43 Å². The van der Waals surface area contributed by atoms with Crippen molar-refractivity contribution in [2.45, 2.75) is 58.4 Å². The number of fused-ring (bicyclic) bond motifs is 4. The normalized spacial score (nSPS) is 16.7. The summed E-state index contributed by atoms with van der Waals surface area (Å²) in [5.74, 6) is -1.11.